The van der Waals surface area contributed by atoms with E-state index in [1.165, 1.54) is 11.8 Å². The molecule has 3 aromatic rings. The van der Waals surface area contributed by atoms with Crippen molar-refractivity contribution in [2.24, 2.45) is 17.3 Å². The van der Waals surface area contributed by atoms with Gasteiger partial charge in [0.25, 0.3) is 0 Å². The molecule has 0 unspecified atom stereocenters. The van der Waals surface area contributed by atoms with Gasteiger partial charge in [0, 0.05) is 7.05 Å². The van der Waals surface area contributed by atoms with Crippen LogP contribution in [-0.4, -0.2) is 23.9 Å². The molecule has 0 spiro atoms. The molecular formula is C17H15N3O2S. The second-order valence-electron chi connectivity index (χ2n) is 4.87. The van der Waals surface area contributed by atoms with Crippen molar-refractivity contribution >= 4 is 33.7 Å². The van der Waals surface area contributed by atoms with E-state index in [4.69, 9.17) is 0 Å². The molecule has 1 aromatic heterocycles. The molecule has 0 saturated carbocycles. The van der Waals surface area contributed by atoms with Crippen LogP contribution < -0.4 is 4.80 Å². The lowest BCUT2D eigenvalue weighted by atomic mass is 10.1. The zero-order valence-electron chi connectivity index (χ0n) is 12.8. The number of para-hydroxylation sites is 1. The molecule has 2 aromatic carbocycles. The van der Waals surface area contributed by atoms with Gasteiger partial charge in [0.05, 0.1) is 29.1 Å². The van der Waals surface area contributed by atoms with E-state index < -0.39 is 0 Å². The molecule has 1 heterocycles. The van der Waals surface area contributed by atoms with E-state index in [1.54, 1.807) is 41.8 Å². The number of benzene rings is 2. The zero-order valence-corrected chi connectivity index (χ0v) is 13.6. The maximum Gasteiger partial charge on any atom is 0.337 e. The molecule has 23 heavy (non-hydrogen) atoms. The Morgan fingerprint density at radius 2 is 1.91 bits per heavy atom. The quantitative estimate of drug-likeness (QED) is 0.422. The zero-order chi connectivity index (χ0) is 16.2. The Kier molecular flexibility index (Phi) is 4.34. The molecule has 116 valence electrons. The molecule has 0 aliphatic rings. The van der Waals surface area contributed by atoms with Crippen LogP contribution in [0.4, 0.5) is 0 Å². The first-order valence-corrected chi connectivity index (χ1v) is 7.80. The second kappa shape index (κ2) is 6.58. The molecular weight excluding hydrogens is 310 g/mol. The summed E-state index contributed by atoms with van der Waals surface area (Å²) in [5, 5.41) is 8.41. The lowest BCUT2D eigenvalue weighted by Gasteiger charge is -1.98. The number of carbonyl (C=O) groups is 1. The number of thiazole rings is 1. The van der Waals surface area contributed by atoms with Crippen molar-refractivity contribution in [2.45, 2.75) is 0 Å². The van der Waals surface area contributed by atoms with Crippen LogP contribution in [0.3, 0.4) is 0 Å². The first kappa shape index (κ1) is 15.2. The largest absolute Gasteiger partial charge is 0.465 e. The highest BCUT2D eigenvalue weighted by Gasteiger charge is 2.03. The van der Waals surface area contributed by atoms with Gasteiger partial charge in [0.1, 0.15) is 0 Å². The Labute approximate surface area is 137 Å². The number of hydrogen-bond acceptors (Lipinski definition) is 5. The third-order valence-corrected chi connectivity index (χ3v) is 4.50. The number of carbonyl (C=O) groups excluding carboxylic acids is 1. The minimum Gasteiger partial charge on any atom is -0.465 e. The molecule has 5 nitrogen and oxygen atoms in total. The number of hydrogen-bond donors (Lipinski definition) is 0. The van der Waals surface area contributed by atoms with Gasteiger partial charge in [-0.1, -0.05) is 35.6 Å². The highest BCUT2D eigenvalue weighted by atomic mass is 32.1. The molecule has 6 heteroatoms. The summed E-state index contributed by atoms with van der Waals surface area (Å²) in [6.45, 7) is 0. The van der Waals surface area contributed by atoms with Crippen molar-refractivity contribution in [3.63, 3.8) is 0 Å². The fourth-order valence-electron chi connectivity index (χ4n) is 2.15. The average Bonchev–Trinajstić information content (AvgIpc) is 2.91. The summed E-state index contributed by atoms with van der Waals surface area (Å²) in [6, 6.07) is 15.1. The van der Waals surface area contributed by atoms with Crippen molar-refractivity contribution in [1.29, 1.82) is 0 Å². The molecule has 0 aliphatic carbocycles. The number of ether oxygens (including phenoxy) is 1. The highest BCUT2D eigenvalue weighted by molar-refractivity contribution is 7.16. The Morgan fingerprint density at radius 1 is 1.17 bits per heavy atom. The Hall–Kier alpha value is -2.73. The van der Waals surface area contributed by atoms with Crippen LogP contribution in [0.25, 0.3) is 10.2 Å². The summed E-state index contributed by atoms with van der Waals surface area (Å²) in [4.78, 5) is 12.2. The fourth-order valence-corrected chi connectivity index (χ4v) is 3.12. The minimum atomic E-state index is -0.351. The van der Waals surface area contributed by atoms with Gasteiger partial charge in [-0.05, 0) is 29.8 Å². The summed E-state index contributed by atoms with van der Waals surface area (Å²) in [5.74, 6) is -0.351. The van der Waals surface area contributed by atoms with E-state index in [-0.39, 0.29) is 5.97 Å². The van der Waals surface area contributed by atoms with Crippen LogP contribution in [-0.2, 0) is 11.8 Å². The third kappa shape index (κ3) is 3.22. The first-order valence-electron chi connectivity index (χ1n) is 6.99. The van der Waals surface area contributed by atoms with Gasteiger partial charge >= 0.3 is 5.97 Å². The summed E-state index contributed by atoms with van der Waals surface area (Å²) in [6.07, 6.45) is 1.66. The van der Waals surface area contributed by atoms with Crippen LogP contribution in [0.5, 0.6) is 0 Å². The SMILES string of the molecule is COC(=O)c1ccc(/C=N\N=c2\sc3ccccc3n2C)cc1. The number of aromatic nitrogens is 1. The summed E-state index contributed by atoms with van der Waals surface area (Å²) in [5.41, 5.74) is 2.51. The van der Waals surface area contributed by atoms with Gasteiger partial charge in [0.15, 0.2) is 0 Å². The predicted molar refractivity (Wildman–Crippen MR) is 91.7 cm³/mol. The summed E-state index contributed by atoms with van der Waals surface area (Å²) in [7, 11) is 3.33. The van der Waals surface area contributed by atoms with E-state index in [0.29, 0.717) is 5.56 Å². The van der Waals surface area contributed by atoms with Crippen LogP contribution in [0.1, 0.15) is 15.9 Å². The van der Waals surface area contributed by atoms with Gasteiger partial charge in [0.2, 0.25) is 4.80 Å². The average molecular weight is 325 g/mol. The molecule has 0 N–H and O–H groups in total. The van der Waals surface area contributed by atoms with Crippen LogP contribution in [0, 0.1) is 0 Å². The maximum atomic E-state index is 11.4. The van der Waals surface area contributed by atoms with E-state index >= 15 is 0 Å². The molecule has 0 fully saturated rings. The second-order valence-corrected chi connectivity index (χ2v) is 5.88. The smallest absolute Gasteiger partial charge is 0.337 e. The van der Waals surface area contributed by atoms with E-state index in [1.807, 2.05) is 23.7 Å². The normalized spacial score (nSPS) is 12.2. The molecule has 3 rings (SSSR count). The van der Waals surface area contributed by atoms with Crippen molar-refractivity contribution in [2.75, 3.05) is 7.11 Å². The minimum absolute atomic E-state index is 0.351. The van der Waals surface area contributed by atoms with Crippen molar-refractivity contribution < 1.29 is 9.53 Å². The molecule has 0 amide bonds. The highest BCUT2D eigenvalue weighted by Crippen LogP contribution is 2.15. The topological polar surface area (TPSA) is 55.9 Å². The monoisotopic (exact) mass is 325 g/mol. The van der Waals surface area contributed by atoms with E-state index in [9.17, 15) is 4.79 Å². The number of esters is 1. The molecule has 0 bridgehead atoms. The van der Waals surface area contributed by atoms with Crippen molar-refractivity contribution in [1.82, 2.24) is 4.57 Å². The third-order valence-electron chi connectivity index (χ3n) is 3.40. The van der Waals surface area contributed by atoms with Crippen LogP contribution >= 0.6 is 11.3 Å². The number of rotatable bonds is 3. The van der Waals surface area contributed by atoms with Gasteiger partial charge in [-0.3, -0.25) is 0 Å². The fraction of sp³-hybridized carbons (Fsp3) is 0.118. The van der Waals surface area contributed by atoms with Gasteiger partial charge in [-0.2, -0.15) is 5.10 Å². The van der Waals surface area contributed by atoms with E-state index in [0.717, 1.165) is 15.9 Å². The summed E-state index contributed by atoms with van der Waals surface area (Å²) >= 11 is 1.59. The number of fused-ring (bicyclic) bond motifs is 1. The summed E-state index contributed by atoms with van der Waals surface area (Å²) < 4.78 is 7.85. The Morgan fingerprint density at radius 3 is 2.61 bits per heavy atom. The molecule has 0 aliphatic heterocycles. The van der Waals surface area contributed by atoms with Crippen LogP contribution in [0.2, 0.25) is 0 Å². The van der Waals surface area contributed by atoms with Gasteiger partial charge in [-0.15, -0.1) is 5.10 Å². The number of nitrogens with zero attached hydrogens (tertiary/aromatic N) is 3. The van der Waals surface area contributed by atoms with Gasteiger partial charge in [-0.25, -0.2) is 4.79 Å². The number of aryl methyl sites for hydroxylation is 1. The molecule has 0 radical (unpaired) electrons. The standard InChI is InChI=1S/C17H15N3O2S/c1-20-14-5-3-4-6-15(14)23-17(20)19-18-11-12-7-9-13(10-8-12)16(21)22-2/h3-11H,1-2H3/b18-11-,19-17+. The van der Waals surface area contributed by atoms with Crippen molar-refractivity contribution in [3.05, 3.63) is 64.5 Å². The Bertz CT molecular complexity index is 936. The van der Waals surface area contributed by atoms with E-state index in [2.05, 4.69) is 27.1 Å². The van der Waals surface area contributed by atoms with Crippen LogP contribution in [0.15, 0.2) is 58.7 Å². The van der Waals surface area contributed by atoms with Gasteiger partial charge < -0.3 is 9.30 Å². The molecule has 0 atom stereocenters. The Balaban J connectivity index is 1.84. The molecule has 0 saturated heterocycles. The maximum absolute atomic E-state index is 11.4. The number of methoxy groups -OCH3 is 1. The lowest BCUT2D eigenvalue weighted by Crippen LogP contribution is -2.08. The lowest BCUT2D eigenvalue weighted by molar-refractivity contribution is 0.0600. The predicted octanol–water partition coefficient (Wildman–Crippen LogP) is 2.96. The first-order chi connectivity index (χ1) is 11.2. The van der Waals surface area contributed by atoms with Crippen molar-refractivity contribution in [3.8, 4) is 0 Å².